The van der Waals surface area contributed by atoms with E-state index in [1.54, 1.807) is 0 Å². The van der Waals surface area contributed by atoms with E-state index in [2.05, 4.69) is 31.0 Å². The van der Waals surface area contributed by atoms with Crippen LogP contribution < -0.4 is 0 Å². The van der Waals surface area contributed by atoms with E-state index in [0.717, 1.165) is 24.5 Å². The van der Waals surface area contributed by atoms with Gasteiger partial charge < -0.3 is 4.90 Å². The van der Waals surface area contributed by atoms with Crippen LogP contribution in [0.2, 0.25) is 0 Å². The van der Waals surface area contributed by atoms with Crippen molar-refractivity contribution in [2.24, 2.45) is 5.41 Å². The van der Waals surface area contributed by atoms with E-state index in [0.29, 0.717) is 16.8 Å². The van der Waals surface area contributed by atoms with Crippen molar-refractivity contribution in [2.45, 2.75) is 63.9 Å². The molecule has 1 amide bonds. The lowest BCUT2D eigenvalue weighted by atomic mass is 9.70. The van der Waals surface area contributed by atoms with Crippen LogP contribution >= 0.6 is 11.8 Å². The van der Waals surface area contributed by atoms with Crippen molar-refractivity contribution in [2.75, 3.05) is 18.8 Å². The standard InChI is InChI=1S/C17H26N4OS/c1-6-21(7-2)12(22)10-23-15-18-14-13(19-20-15)11-8-9-17(14,5)16(11,3)4/h11H,6-10H2,1-5H3. The van der Waals surface area contributed by atoms with Crippen molar-refractivity contribution in [3.05, 3.63) is 11.4 Å². The quantitative estimate of drug-likeness (QED) is 0.775. The smallest absolute Gasteiger partial charge is 0.233 e. The van der Waals surface area contributed by atoms with Crippen molar-refractivity contribution in [3.63, 3.8) is 0 Å². The van der Waals surface area contributed by atoms with E-state index >= 15 is 0 Å². The van der Waals surface area contributed by atoms with Gasteiger partial charge in [0.25, 0.3) is 0 Å². The number of rotatable bonds is 5. The van der Waals surface area contributed by atoms with E-state index < -0.39 is 0 Å². The summed E-state index contributed by atoms with van der Waals surface area (Å²) in [7, 11) is 0. The molecule has 2 unspecified atom stereocenters. The predicted molar refractivity (Wildman–Crippen MR) is 91.6 cm³/mol. The Balaban J connectivity index is 1.78. The van der Waals surface area contributed by atoms with E-state index in [1.165, 1.54) is 24.6 Å². The number of aromatic nitrogens is 3. The highest BCUT2D eigenvalue weighted by atomic mass is 32.2. The Bertz CT molecular complexity index is 629. The summed E-state index contributed by atoms with van der Waals surface area (Å²) < 4.78 is 0. The summed E-state index contributed by atoms with van der Waals surface area (Å²) in [6, 6.07) is 0. The number of hydrogen-bond donors (Lipinski definition) is 0. The fourth-order valence-corrected chi connectivity index (χ4v) is 4.91. The van der Waals surface area contributed by atoms with Gasteiger partial charge in [0, 0.05) is 24.4 Å². The van der Waals surface area contributed by atoms with Gasteiger partial charge >= 0.3 is 0 Å². The first-order valence-corrected chi connectivity index (χ1v) is 9.49. The van der Waals surface area contributed by atoms with Gasteiger partial charge in [-0.1, -0.05) is 32.5 Å². The van der Waals surface area contributed by atoms with Crippen molar-refractivity contribution >= 4 is 17.7 Å². The van der Waals surface area contributed by atoms with Gasteiger partial charge in [-0.15, -0.1) is 5.10 Å². The molecule has 2 aliphatic carbocycles. The number of hydrogen-bond acceptors (Lipinski definition) is 5. The summed E-state index contributed by atoms with van der Waals surface area (Å²) in [5.74, 6) is 0.988. The van der Waals surface area contributed by atoms with Gasteiger partial charge in [-0.25, -0.2) is 4.98 Å². The third kappa shape index (κ3) is 2.37. The molecule has 2 aliphatic rings. The molecular formula is C17H26N4OS. The number of carbonyl (C=O) groups excluding carboxylic acids is 1. The molecule has 1 saturated carbocycles. The fraction of sp³-hybridized carbons (Fsp3) is 0.765. The summed E-state index contributed by atoms with van der Waals surface area (Å²) in [5.41, 5.74) is 2.48. The first-order chi connectivity index (χ1) is 10.8. The molecule has 3 rings (SSSR count). The Morgan fingerprint density at radius 1 is 1.26 bits per heavy atom. The third-order valence-corrected chi connectivity index (χ3v) is 7.04. The average molecular weight is 334 g/mol. The monoisotopic (exact) mass is 334 g/mol. The highest BCUT2D eigenvalue weighted by Crippen LogP contribution is 2.66. The summed E-state index contributed by atoms with van der Waals surface area (Å²) in [6.07, 6.45) is 2.35. The summed E-state index contributed by atoms with van der Waals surface area (Å²) in [4.78, 5) is 18.8. The van der Waals surface area contributed by atoms with Gasteiger partial charge in [-0.3, -0.25) is 4.79 Å². The predicted octanol–water partition coefficient (Wildman–Crippen LogP) is 3.01. The topological polar surface area (TPSA) is 59.0 Å². The summed E-state index contributed by atoms with van der Waals surface area (Å²) >= 11 is 1.40. The van der Waals surface area contributed by atoms with E-state index in [4.69, 9.17) is 4.98 Å². The molecule has 2 atom stereocenters. The first-order valence-electron chi connectivity index (χ1n) is 8.50. The van der Waals surface area contributed by atoms with Gasteiger partial charge in [-0.2, -0.15) is 5.10 Å². The lowest BCUT2D eigenvalue weighted by molar-refractivity contribution is -0.127. The molecule has 1 aromatic rings. The molecular weight excluding hydrogens is 308 g/mol. The minimum atomic E-state index is 0.0845. The zero-order valence-corrected chi connectivity index (χ0v) is 15.5. The van der Waals surface area contributed by atoms with Crippen LogP contribution in [0.15, 0.2) is 5.16 Å². The van der Waals surface area contributed by atoms with E-state index in [1.807, 2.05) is 18.7 Å². The lowest BCUT2D eigenvalue weighted by Crippen LogP contribution is -2.32. The van der Waals surface area contributed by atoms with Crippen LogP contribution in [0.1, 0.15) is 64.8 Å². The number of carbonyl (C=O) groups is 1. The summed E-state index contributed by atoms with van der Waals surface area (Å²) in [5, 5.41) is 9.40. The second kappa shape index (κ2) is 5.72. The molecule has 2 bridgehead atoms. The Hall–Kier alpha value is -1.17. The minimum absolute atomic E-state index is 0.0845. The molecule has 23 heavy (non-hydrogen) atoms. The largest absolute Gasteiger partial charge is 0.343 e. The minimum Gasteiger partial charge on any atom is -0.343 e. The fourth-order valence-electron chi connectivity index (χ4n) is 4.22. The number of nitrogens with zero attached hydrogens (tertiary/aromatic N) is 4. The van der Waals surface area contributed by atoms with Crippen molar-refractivity contribution in [3.8, 4) is 0 Å². The van der Waals surface area contributed by atoms with Crippen LogP contribution in [0.3, 0.4) is 0 Å². The Labute approximate surface area is 142 Å². The van der Waals surface area contributed by atoms with Crippen LogP contribution in [0.5, 0.6) is 0 Å². The zero-order chi connectivity index (χ0) is 16.8. The van der Waals surface area contributed by atoms with Crippen molar-refractivity contribution in [1.29, 1.82) is 0 Å². The average Bonchev–Trinajstić information content (AvgIpc) is 2.86. The first kappa shape index (κ1) is 16.7. The van der Waals surface area contributed by atoms with Gasteiger partial charge in [0.1, 0.15) is 0 Å². The second-order valence-corrected chi connectivity index (χ2v) is 8.27. The van der Waals surface area contributed by atoms with Crippen LogP contribution in [-0.4, -0.2) is 44.8 Å². The van der Waals surface area contributed by atoms with Gasteiger partial charge in [0.05, 0.1) is 17.1 Å². The highest BCUT2D eigenvalue weighted by molar-refractivity contribution is 7.99. The number of amides is 1. The van der Waals surface area contributed by atoms with Crippen molar-refractivity contribution < 1.29 is 4.79 Å². The van der Waals surface area contributed by atoms with Crippen LogP contribution in [0.4, 0.5) is 0 Å². The zero-order valence-electron chi connectivity index (χ0n) is 14.7. The maximum absolute atomic E-state index is 12.1. The van der Waals surface area contributed by atoms with E-state index in [-0.39, 0.29) is 16.7 Å². The van der Waals surface area contributed by atoms with Gasteiger partial charge in [0.2, 0.25) is 11.1 Å². The molecule has 6 heteroatoms. The Morgan fingerprint density at radius 2 is 1.96 bits per heavy atom. The van der Waals surface area contributed by atoms with Crippen LogP contribution in [-0.2, 0) is 10.2 Å². The highest BCUT2D eigenvalue weighted by Gasteiger charge is 2.61. The maximum Gasteiger partial charge on any atom is 0.233 e. The number of thioether (sulfide) groups is 1. The molecule has 0 radical (unpaired) electrons. The maximum atomic E-state index is 12.1. The molecule has 0 aromatic carbocycles. The van der Waals surface area contributed by atoms with Gasteiger partial charge in [0.15, 0.2) is 0 Å². The molecule has 0 spiro atoms. The molecule has 126 valence electrons. The van der Waals surface area contributed by atoms with Crippen LogP contribution in [0, 0.1) is 5.41 Å². The molecule has 0 aliphatic heterocycles. The Morgan fingerprint density at radius 3 is 2.61 bits per heavy atom. The number of fused-ring (bicyclic) bond motifs is 5. The Kier molecular flexibility index (Phi) is 4.15. The van der Waals surface area contributed by atoms with Crippen LogP contribution in [0.25, 0.3) is 0 Å². The van der Waals surface area contributed by atoms with E-state index in [9.17, 15) is 4.79 Å². The van der Waals surface area contributed by atoms with Crippen molar-refractivity contribution in [1.82, 2.24) is 20.1 Å². The lowest BCUT2D eigenvalue weighted by Gasteiger charge is -2.33. The third-order valence-electron chi connectivity index (χ3n) is 6.21. The summed E-state index contributed by atoms with van der Waals surface area (Å²) in [6.45, 7) is 12.4. The second-order valence-electron chi connectivity index (χ2n) is 7.33. The molecule has 0 saturated heterocycles. The SMILES string of the molecule is CCN(CC)C(=O)CSc1nnc2c(n1)C1(C)CCC2C1(C)C. The molecule has 1 fully saturated rings. The normalized spacial score (nSPS) is 27.1. The van der Waals surface area contributed by atoms with Gasteiger partial charge in [-0.05, 0) is 32.1 Å². The molecule has 0 N–H and O–H groups in total. The molecule has 5 nitrogen and oxygen atoms in total. The molecule has 1 aromatic heterocycles. The molecule has 1 heterocycles.